The maximum atomic E-state index is 13.5. The molecular formula is C26H30FN5O3. The van der Waals surface area contributed by atoms with Crippen LogP contribution in [0, 0.1) is 5.82 Å². The van der Waals surface area contributed by atoms with Crippen molar-refractivity contribution < 1.29 is 18.7 Å². The summed E-state index contributed by atoms with van der Waals surface area (Å²) in [5, 5.41) is 0. The largest absolute Gasteiger partial charge is 0.444 e. The number of halogens is 1. The van der Waals surface area contributed by atoms with Gasteiger partial charge in [0, 0.05) is 49.7 Å². The van der Waals surface area contributed by atoms with Gasteiger partial charge < -0.3 is 19.1 Å². The summed E-state index contributed by atoms with van der Waals surface area (Å²) in [4.78, 5) is 37.9. The van der Waals surface area contributed by atoms with Crippen LogP contribution in [0.3, 0.4) is 0 Å². The van der Waals surface area contributed by atoms with Gasteiger partial charge in [0.2, 0.25) is 5.91 Å². The van der Waals surface area contributed by atoms with Crippen molar-refractivity contribution in [3.63, 3.8) is 0 Å². The molecule has 0 spiro atoms. The smallest absolute Gasteiger partial charge is 0.410 e. The maximum absolute atomic E-state index is 13.5. The van der Waals surface area contributed by atoms with Gasteiger partial charge in [0.25, 0.3) is 0 Å². The SMILES string of the molecule is CC(C(=O)N1CCN(C(=O)OC(C)(C)C)CC1)n1cnc(-c2ccc(F)cc2)c1-c1ccncc1. The van der Waals surface area contributed by atoms with E-state index in [0.29, 0.717) is 31.9 Å². The number of aromatic nitrogens is 3. The molecule has 2 aromatic heterocycles. The summed E-state index contributed by atoms with van der Waals surface area (Å²) in [6, 6.07) is 9.32. The Kier molecular flexibility index (Phi) is 6.86. The lowest BCUT2D eigenvalue weighted by Gasteiger charge is -2.36. The molecule has 9 heteroatoms. The molecule has 1 fully saturated rings. The van der Waals surface area contributed by atoms with Gasteiger partial charge in [-0.05, 0) is 64.1 Å². The van der Waals surface area contributed by atoms with Crippen molar-refractivity contribution in [1.82, 2.24) is 24.3 Å². The minimum atomic E-state index is -0.564. The highest BCUT2D eigenvalue weighted by Gasteiger charge is 2.31. The van der Waals surface area contributed by atoms with E-state index in [1.54, 1.807) is 40.7 Å². The van der Waals surface area contributed by atoms with Crippen LogP contribution in [0.15, 0.2) is 55.1 Å². The first kappa shape index (κ1) is 24.4. The summed E-state index contributed by atoms with van der Waals surface area (Å²) < 4.78 is 20.8. The minimum absolute atomic E-state index is 0.0628. The van der Waals surface area contributed by atoms with E-state index in [2.05, 4.69) is 9.97 Å². The van der Waals surface area contributed by atoms with E-state index < -0.39 is 11.6 Å². The van der Waals surface area contributed by atoms with E-state index >= 15 is 0 Å². The lowest BCUT2D eigenvalue weighted by Crippen LogP contribution is -2.52. The summed E-state index contributed by atoms with van der Waals surface area (Å²) >= 11 is 0. The molecule has 4 rings (SSSR count). The zero-order valence-electron chi connectivity index (χ0n) is 20.4. The van der Waals surface area contributed by atoms with Gasteiger partial charge in [-0.2, -0.15) is 0 Å². The number of benzene rings is 1. The van der Waals surface area contributed by atoms with Crippen molar-refractivity contribution in [3.8, 4) is 22.5 Å². The van der Waals surface area contributed by atoms with Gasteiger partial charge in [-0.3, -0.25) is 9.78 Å². The van der Waals surface area contributed by atoms with E-state index in [4.69, 9.17) is 4.74 Å². The number of hydrogen-bond acceptors (Lipinski definition) is 5. The molecule has 1 unspecified atom stereocenters. The molecule has 3 heterocycles. The van der Waals surface area contributed by atoms with Crippen LogP contribution in [-0.2, 0) is 9.53 Å². The summed E-state index contributed by atoms with van der Waals surface area (Å²) in [6.45, 7) is 9.00. The number of carbonyl (C=O) groups excluding carboxylic acids is 2. The molecule has 0 radical (unpaired) electrons. The Labute approximate surface area is 204 Å². The molecule has 35 heavy (non-hydrogen) atoms. The molecule has 0 bridgehead atoms. The van der Waals surface area contributed by atoms with Crippen molar-refractivity contribution in [2.45, 2.75) is 39.3 Å². The van der Waals surface area contributed by atoms with Gasteiger partial charge in [0.1, 0.15) is 17.5 Å². The average Bonchev–Trinajstić information content (AvgIpc) is 3.28. The van der Waals surface area contributed by atoms with Crippen LogP contribution in [0.1, 0.15) is 33.7 Å². The first-order valence-electron chi connectivity index (χ1n) is 11.6. The van der Waals surface area contributed by atoms with Crippen molar-refractivity contribution in [3.05, 3.63) is 60.9 Å². The lowest BCUT2D eigenvalue weighted by molar-refractivity contribution is -0.136. The van der Waals surface area contributed by atoms with E-state index in [9.17, 15) is 14.0 Å². The number of amides is 2. The second kappa shape index (κ2) is 9.85. The standard InChI is InChI=1S/C26H30FN5O3/c1-18(24(33)30-13-15-31(16-14-30)25(34)35-26(2,3)4)32-17-29-22(19-5-7-21(27)8-6-19)23(32)20-9-11-28-12-10-20/h5-12,17-18H,13-16H2,1-4H3. The van der Waals surface area contributed by atoms with Gasteiger partial charge in [-0.1, -0.05) is 0 Å². The molecule has 0 N–H and O–H groups in total. The van der Waals surface area contributed by atoms with Crippen LogP contribution in [0.4, 0.5) is 9.18 Å². The highest BCUT2D eigenvalue weighted by molar-refractivity contribution is 5.84. The third-order valence-corrected chi connectivity index (χ3v) is 5.88. The van der Waals surface area contributed by atoms with E-state index in [-0.39, 0.29) is 17.8 Å². The Bertz CT molecular complexity index is 1180. The third kappa shape index (κ3) is 5.50. The Morgan fingerprint density at radius 1 is 0.943 bits per heavy atom. The molecule has 1 saturated heterocycles. The predicted octanol–water partition coefficient (Wildman–Crippen LogP) is 4.39. The van der Waals surface area contributed by atoms with Crippen molar-refractivity contribution in [2.24, 2.45) is 0 Å². The van der Waals surface area contributed by atoms with Crippen LogP contribution < -0.4 is 0 Å². The molecule has 0 aliphatic carbocycles. The number of hydrogen-bond donors (Lipinski definition) is 0. The topological polar surface area (TPSA) is 80.6 Å². The van der Waals surface area contributed by atoms with Crippen LogP contribution in [0.25, 0.3) is 22.5 Å². The molecule has 184 valence electrons. The Hall–Kier alpha value is -3.75. The van der Waals surface area contributed by atoms with Crippen LogP contribution >= 0.6 is 0 Å². The Morgan fingerprint density at radius 2 is 1.54 bits per heavy atom. The zero-order valence-corrected chi connectivity index (χ0v) is 20.4. The van der Waals surface area contributed by atoms with Crippen molar-refractivity contribution >= 4 is 12.0 Å². The molecule has 2 amide bonds. The van der Waals surface area contributed by atoms with Crippen LogP contribution in [0.2, 0.25) is 0 Å². The summed E-state index contributed by atoms with van der Waals surface area (Å²) in [5.74, 6) is -0.389. The number of nitrogens with zero attached hydrogens (tertiary/aromatic N) is 5. The fourth-order valence-corrected chi connectivity index (χ4v) is 4.09. The second-order valence-corrected chi connectivity index (χ2v) is 9.56. The fourth-order valence-electron chi connectivity index (χ4n) is 4.09. The molecular weight excluding hydrogens is 449 g/mol. The highest BCUT2D eigenvalue weighted by atomic mass is 19.1. The molecule has 1 aromatic carbocycles. The Balaban J connectivity index is 1.56. The molecule has 1 aliphatic heterocycles. The average molecular weight is 480 g/mol. The van der Waals surface area contributed by atoms with Gasteiger partial charge in [0.15, 0.2) is 0 Å². The monoisotopic (exact) mass is 479 g/mol. The second-order valence-electron chi connectivity index (χ2n) is 9.56. The lowest BCUT2D eigenvalue weighted by atomic mass is 10.0. The highest BCUT2D eigenvalue weighted by Crippen LogP contribution is 2.33. The normalized spacial score (nSPS) is 15.1. The minimum Gasteiger partial charge on any atom is -0.444 e. The molecule has 0 saturated carbocycles. The summed E-state index contributed by atoms with van der Waals surface area (Å²) in [7, 11) is 0. The van der Waals surface area contributed by atoms with Crippen LogP contribution in [-0.4, -0.2) is 68.1 Å². The number of piperazine rings is 1. The van der Waals surface area contributed by atoms with Gasteiger partial charge in [-0.25, -0.2) is 14.2 Å². The predicted molar refractivity (Wildman–Crippen MR) is 130 cm³/mol. The first-order chi connectivity index (χ1) is 16.6. The van der Waals surface area contributed by atoms with Gasteiger partial charge >= 0.3 is 6.09 Å². The van der Waals surface area contributed by atoms with Crippen LogP contribution in [0.5, 0.6) is 0 Å². The number of imidazole rings is 1. The maximum Gasteiger partial charge on any atom is 0.410 e. The zero-order chi connectivity index (χ0) is 25.2. The van der Waals surface area contributed by atoms with Gasteiger partial charge in [0.05, 0.1) is 17.7 Å². The summed E-state index contributed by atoms with van der Waals surface area (Å²) in [6.07, 6.45) is 4.65. The van der Waals surface area contributed by atoms with E-state index in [1.807, 2.05) is 44.4 Å². The Morgan fingerprint density at radius 3 is 2.14 bits per heavy atom. The summed E-state index contributed by atoms with van der Waals surface area (Å²) in [5.41, 5.74) is 2.46. The molecule has 8 nitrogen and oxygen atoms in total. The van der Waals surface area contributed by atoms with Gasteiger partial charge in [-0.15, -0.1) is 0 Å². The first-order valence-corrected chi connectivity index (χ1v) is 11.6. The van der Waals surface area contributed by atoms with Crippen molar-refractivity contribution in [2.75, 3.05) is 26.2 Å². The third-order valence-electron chi connectivity index (χ3n) is 5.88. The number of rotatable bonds is 4. The molecule has 3 aromatic rings. The van der Waals surface area contributed by atoms with E-state index in [0.717, 1.165) is 16.8 Å². The number of carbonyl (C=O) groups is 2. The molecule has 1 aliphatic rings. The number of pyridine rings is 1. The quantitative estimate of drug-likeness (QED) is 0.554. The van der Waals surface area contributed by atoms with E-state index in [1.165, 1.54) is 12.1 Å². The van der Waals surface area contributed by atoms with Crippen molar-refractivity contribution in [1.29, 1.82) is 0 Å². The molecule has 1 atom stereocenters. The number of ether oxygens (including phenoxy) is 1. The fraction of sp³-hybridized carbons (Fsp3) is 0.385.